The van der Waals surface area contributed by atoms with Gasteiger partial charge in [0.25, 0.3) is 0 Å². The van der Waals surface area contributed by atoms with Crippen LogP contribution < -0.4 is 5.32 Å². The van der Waals surface area contributed by atoms with Crippen molar-refractivity contribution in [2.75, 3.05) is 6.54 Å². The van der Waals surface area contributed by atoms with Crippen LogP contribution in [-0.2, 0) is 20.9 Å². The Bertz CT molecular complexity index is 854. The van der Waals surface area contributed by atoms with E-state index in [1.165, 1.54) is 0 Å². The number of nitrogens with zero attached hydrogens (tertiary/aromatic N) is 1. The van der Waals surface area contributed by atoms with Crippen LogP contribution in [0.2, 0.25) is 0 Å². The van der Waals surface area contributed by atoms with Crippen LogP contribution in [0.3, 0.4) is 0 Å². The number of carbonyl (C=O) groups excluding carboxylic acids is 2. The monoisotopic (exact) mass is 394 g/mol. The van der Waals surface area contributed by atoms with Crippen molar-refractivity contribution in [1.82, 2.24) is 10.2 Å². The van der Waals surface area contributed by atoms with Gasteiger partial charge in [0.1, 0.15) is 0 Å². The maximum absolute atomic E-state index is 13.0. The summed E-state index contributed by atoms with van der Waals surface area (Å²) in [5.41, 5.74) is 1.91. The number of piperidine rings is 1. The van der Waals surface area contributed by atoms with Crippen molar-refractivity contribution < 1.29 is 19.5 Å². The highest BCUT2D eigenvalue weighted by Gasteiger charge is 2.40. The van der Waals surface area contributed by atoms with Crippen molar-refractivity contribution in [2.24, 2.45) is 11.8 Å². The first kappa shape index (κ1) is 20.6. The van der Waals surface area contributed by atoms with Gasteiger partial charge in [-0.25, -0.2) is 0 Å². The fraction of sp³-hybridized carbons (Fsp3) is 0.348. The van der Waals surface area contributed by atoms with E-state index in [-0.39, 0.29) is 18.4 Å². The smallest absolute Gasteiger partial charge is 0.308 e. The first-order valence-corrected chi connectivity index (χ1v) is 9.86. The van der Waals surface area contributed by atoms with E-state index in [0.717, 1.165) is 11.1 Å². The molecule has 0 saturated carbocycles. The second kappa shape index (κ2) is 9.37. The Morgan fingerprint density at radius 2 is 1.72 bits per heavy atom. The largest absolute Gasteiger partial charge is 0.481 e. The van der Waals surface area contributed by atoms with Crippen molar-refractivity contribution in [1.29, 1.82) is 0 Å². The van der Waals surface area contributed by atoms with Crippen molar-refractivity contribution in [3.05, 3.63) is 71.8 Å². The summed E-state index contributed by atoms with van der Waals surface area (Å²) < 4.78 is 0. The standard InChI is InChI=1S/C23H26N2O4/c1-16(23(28)29)14-24-22(27)19-12-13-20(26)25(15-17-8-4-2-5-9-17)21(19)18-10-6-3-7-11-18/h2-11,16,19,21H,12-15H2,1H3,(H,24,27)(H,28,29). The van der Waals surface area contributed by atoms with Gasteiger partial charge in [-0.3, -0.25) is 14.4 Å². The van der Waals surface area contributed by atoms with Crippen LogP contribution >= 0.6 is 0 Å². The Morgan fingerprint density at radius 3 is 2.34 bits per heavy atom. The maximum atomic E-state index is 13.0. The summed E-state index contributed by atoms with van der Waals surface area (Å²) in [6.45, 7) is 2.05. The summed E-state index contributed by atoms with van der Waals surface area (Å²) in [6.07, 6.45) is 0.736. The minimum absolute atomic E-state index is 0.0191. The van der Waals surface area contributed by atoms with Gasteiger partial charge in [-0.05, 0) is 17.5 Å². The predicted octanol–water partition coefficient (Wildman–Crippen LogP) is 3.00. The summed E-state index contributed by atoms with van der Waals surface area (Å²) in [7, 11) is 0. The lowest BCUT2D eigenvalue weighted by molar-refractivity contribution is -0.144. The number of amides is 2. The second-order valence-electron chi connectivity index (χ2n) is 7.49. The molecule has 0 radical (unpaired) electrons. The van der Waals surface area contributed by atoms with Crippen molar-refractivity contribution in [3.8, 4) is 0 Å². The molecule has 6 nitrogen and oxygen atoms in total. The minimum atomic E-state index is -0.950. The number of carboxylic acids is 1. The van der Waals surface area contributed by atoms with Gasteiger partial charge >= 0.3 is 5.97 Å². The lowest BCUT2D eigenvalue weighted by Crippen LogP contribution is -2.48. The molecule has 6 heteroatoms. The molecular formula is C23H26N2O4. The van der Waals surface area contributed by atoms with Crippen LogP contribution in [0.4, 0.5) is 0 Å². The zero-order chi connectivity index (χ0) is 20.8. The molecule has 1 fully saturated rings. The highest BCUT2D eigenvalue weighted by atomic mass is 16.4. The van der Waals surface area contributed by atoms with Crippen molar-refractivity contribution in [3.63, 3.8) is 0 Å². The third kappa shape index (κ3) is 5.02. The molecule has 2 amide bonds. The van der Waals surface area contributed by atoms with Gasteiger partial charge in [0.2, 0.25) is 11.8 Å². The van der Waals surface area contributed by atoms with Gasteiger partial charge in [0.05, 0.1) is 17.9 Å². The Hall–Kier alpha value is -3.15. The molecule has 3 unspecified atom stereocenters. The van der Waals surface area contributed by atoms with Gasteiger partial charge in [-0.1, -0.05) is 67.6 Å². The number of rotatable bonds is 7. The van der Waals surface area contributed by atoms with Crippen molar-refractivity contribution in [2.45, 2.75) is 32.4 Å². The lowest BCUT2D eigenvalue weighted by Gasteiger charge is -2.41. The molecule has 1 saturated heterocycles. The number of likely N-dealkylation sites (tertiary alicyclic amines) is 1. The molecule has 152 valence electrons. The number of carbonyl (C=O) groups is 3. The van der Waals surface area contributed by atoms with E-state index in [1.54, 1.807) is 11.8 Å². The topological polar surface area (TPSA) is 86.7 Å². The van der Waals surface area contributed by atoms with Gasteiger partial charge in [0.15, 0.2) is 0 Å². The van der Waals surface area contributed by atoms with E-state index in [1.807, 2.05) is 60.7 Å². The molecule has 1 aliphatic rings. The number of carboxylic acid groups (broad SMARTS) is 1. The molecule has 0 aliphatic carbocycles. The molecule has 1 heterocycles. The average molecular weight is 394 g/mol. The van der Waals surface area contributed by atoms with E-state index in [2.05, 4.69) is 5.32 Å². The fourth-order valence-electron chi connectivity index (χ4n) is 3.73. The quantitative estimate of drug-likeness (QED) is 0.756. The molecule has 0 bridgehead atoms. The molecule has 0 spiro atoms. The van der Waals surface area contributed by atoms with E-state index in [0.29, 0.717) is 19.4 Å². The highest BCUT2D eigenvalue weighted by Crippen LogP contribution is 2.38. The summed E-state index contributed by atoms with van der Waals surface area (Å²) >= 11 is 0. The van der Waals surface area contributed by atoms with Gasteiger partial charge in [-0.2, -0.15) is 0 Å². The number of nitrogens with one attached hydrogen (secondary N) is 1. The number of benzene rings is 2. The van der Waals surface area contributed by atoms with E-state index in [9.17, 15) is 14.4 Å². The molecule has 2 N–H and O–H groups in total. The Kier molecular flexibility index (Phi) is 6.65. The van der Waals surface area contributed by atoms with E-state index < -0.39 is 23.8 Å². The SMILES string of the molecule is CC(CNC(=O)C1CCC(=O)N(Cc2ccccc2)C1c1ccccc1)C(=O)O. The van der Waals surface area contributed by atoms with E-state index >= 15 is 0 Å². The van der Waals surface area contributed by atoms with Crippen LogP contribution in [0.25, 0.3) is 0 Å². The zero-order valence-electron chi connectivity index (χ0n) is 16.5. The second-order valence-corrected chi connectivity index (χ2v) is 7.49. The third-order valence-electron chi connectivity index (χ3n) is 5.38. The van der Waals surface area contributed by atoms with Crippen LogP contribution in [-0.4, -0.2) is 34.3 Å². The molecule has 0 aromatic heterocycles. The Balaban J connectivity index is 1.87. The summed E-state index contributed by atoms with van der Waals surface area (Å²) in [4.78, 5) is 38.6. The van der Waals surface area contributed by atoms with Crippen LogP contribution in [0.5, 0.6) is 0 Å². The predicted molar refractivity (Wildman–Crippen MR) is 109 cm³/mol. The number of aliphatic carboxylic acids is 1. The van der Waals surface area contributed by atoms with E-state index in [4.69, 9.17) is 5.11 Å². The highest BCUT2D eigenvalue weighted by molar-refractivity contribution is 5.85. The molecule has 1 aliphatic heterocycles. The number of hydrogen-bond donors (Lipinski definition) is 2. The summed E-state index contributed by atoms with van der Waals surface area (Å²) in [5, 5.41) is 11.8. The van der Waals surface area contributed by atoms with Gasteiger partial charge in [0, 0.05) is 19.5 Å². The van der Waals surface area contributed by atoms with Crippen LogP contribution in [0.15, 0.2) is 60.7 Å². The minimum Gasteiger partial charge on any atom is -0.481 e. The van der Waals surface area contributed by atoms with Crippen molar-refractivity contribution >= 4 is 17.8 Å². The average Bonchev–Trinajstić information content (AvgIpc) is 2.74. The lowest BCUT2D eigenvalue weighted by atomic mass is 9.83. The number of hydrogen-bond acceptors (Lipinski definition) is 3. The zero-order valence-corrected chi connectivity index (χ0v) is 16.5. The van der Waals surface area contributed by atoms with Gasteiger partial charge < -0.3 is 15.3 Å². The summed E-state index contributed by atoms with van der Waals surface area (Å²) in [5.74, 6) is -2.24. The molecule has 3 atom stereocenters. The Labute approximate surface area is 170 Å². The Morgan fingerprint density at radius 1 is 1.10 bits per heavy atom. The van der Waals surface area contributed by atoms with Crippen LogP contribution in [0, 0.1) is 11.8 Å². The molecule has 3 rings (SSSR count). The summed E-state index contributed by atoms with van der Waals surface area (Å²) in [6, 6.07) is 18.9. The van der Waals surface area contributed by atoms with Gasteiger partial charge in [-0.15, -0.1) is 0 Å². The fourth-order valence-corrected chi connectivity index (χ4v) is 3.73. The molecule has 29 heavy (non-hydrogen) atoms. The first-order chi connectivity index (χ1) is 14.0. The first-order valence-electron chi connectivity index (χ1n) is 9.86. The molecule has 2 aromatic carbocycles. The normalized spacial score (nSPS) is 20.2. The molecular weight excluding hydrogens is 368 g/mol. The molecule has 2 aromatic rings. The maximum Gasteiger partial charge on any atom is 0.308 e. The van der Waals surface area contributed by atoms with Crippen LogP contribution in [0.1, 0.15) is 36.9 Å². The third-order valence-corrected chi connectivity index (χ3v) is 5.38.